The summed E-state index contributed by atoms with van der Waals surface area (Å²) in [6.07, 6.45) is 4.82. The van der Waals surface area contributed by atoms with E-state index in [4.69, 9.17) is 0 Å². The van der Waals surface area contributed by atoms with Gasteiger partial charge in [0.05, 0.1) is 0 Å². The topological polar surface area (TPSA) is 17.1 Å². The van der Waals surface area contributed by atoms with Gasteiger partial charge in [0, 0.05) is 0 Å². The van der Waals surface area contributed by atoms with Crippen molar-refractivity contribution in [3.8, 4) is 0 Å². The molecule has 0 aliphatic carbocycles. The summed E-state index contributed by atoms with van der Waals surface area (Å²) in [5.74, 6) is 0. The van der Waals surface area contributed by atoms with Gasteiger partial charge in [0.15, 0.2) is 0 Å². The molecule has 0 rings (SSSR count). The molecule has 0 saturated carbocycles. The van der Waals surface area contributed by atoms with Gasteiger partial charge in [-0.1, -0.05) is 25.2 Å². The fourth-order valence-corrected chi connectivity index (χ4v) is 0.293. The van der Waals surface area contributed by atoms with E-state index in [0.717, 1.165) is 18.3 Å². The number of hydrogen-bond acceptors (Lipinski definition) is 1. The van der Waals surface area contributed by atoms with Gasteiger partial charge in [-0.2, -0.15) is 0 Å². The second-order valence-electron chi connectivity index (χ2n) is 1.51. The standard InChI is InChI=1S/C7H10O/c1-3-7(2)5-4-6-8/h4-6H,2-3H2,1H3/b5-4+. The van der Waals surface area contributed by atoms with E-state index < -0.39 is 0 Å². The van der Waals surface area contributed by atoms with Crippen molar-refractivity contribution >= 4 is 6.29 Å². The molecular formula is C7H10O. The molecule has 0 spiro atoms. The van der Waals surface area contributed by atoms with E-state index in [0.29, 0.717) is 0 Å². The molecule has 1 heteroatoms. The van der Waals surface area contributed by atoms with Gasteiger partial charge in [-0.05, 0) is 12.5 Å². The van der Waals surface area contributed by atoms with Crippen LogP contribution >= 0.6 is 0 Å². The van der Waals surface area contributed by atoms with Crippen molar-refractivity contribution < 1.29 is 4.79 Å². The summed E-state index contributed by atoms with van der Waals surface area (Å²) < 4.78 is 0. The lowest BCUT2D eigenvalue weighted by molar-refractivity contribution is -0.104. The van der Waals surface area contributed by atoms with Crippen LogP contribution in [0, 0.1) is 0 Å². The van der Waals surface area contributed by atoms with Crippen molar-refractivity contribution in [3.63, 3.8) is 0 Å². The zero-order valence-electron chi connectivity index (χ0n) is 5.05. The van der Waals surface area contributed by atoms with Gasteiger partial charge in [-0.3, -0.25) is 4.79 Å². The van der Waals surface area contributed by atoms with Crippen LogP contribution in [0.3, 0.4) is 0 Å². The number of hydrogen-bond donors (Lipinski definition) is 0. The monoisotopic (exact) mass is 110 g/mol. The third-order valence-corrected chi connectivity index (χ3v) is 0.865. The van der Waals surface area contributed by atoms with Crippen LogP contribution in [0.1, 0.15) is 13.3 Å². The molecule has 0 N–H and O–H groups in total. The lowest BCUT2D eigenvalue weighted by Crippen LogP contribution is -1.68. The smallest absolute Gasteiger partial charge is 0.142 e. The molecule has 0 atom stereocenters. The SMILES string of the molecule is C=C(/C=C/C=O)CC. The molecule has 0 bridgehead atoms. The summed E-state index contributed by atoms with van der Waals surface area (Å²) in [6, 6.07) is 0. The second-order valence-corrected chi connectivity index (χ2v) is 1.51. The Labute approximate surface area is 49.7 Å². The Kier molecular flexibility index (Phi) is 3.85. The number of carbonyl (C=O) groups excluding carboxylic acids is 1. The van der Waals surface area contributed by atoms with E-state index in [9.17, 15) is 4.79 Å². The van der Waals surface area contributed by atoms with E-state index >= 15 is 0 Å². The molecule has 0 amide bonds. The van der Waals surface area contributed by atoms with Crippen molar-refractivity contribution in [2.24, 2.45) is 0 Å². The maximum atomic E-state index is 9.70. The van der Waals surface area contributed by atoms with E-state index in [1.807, 2.05) is 6.92 Å². The average molecular weight is 110 g/mol. The Bertz CT molecular complexity index is 112. The molecule has 0 heterocycles. The quantitative estimate of drug-likeness (QED) is 0.307. The van der Waals surface area contributed by atoms with Gasteiger partial charge in [0.2, 0.25) is 0 Å². The van der Waals surface area contributed by atoms with Gasteiger partial charge in [-0.25, -0.2) is 0 Å². The van der Waals surface area contributed by atoms with Crippen LogP contribution in [0.5, 0.6) is 0 Å². The van der Waals surface area contributed by atoms with Gasteiger partial charge in [0.1, 0.15) is 6.29 Å². The summed E-state index contributed by atoms with van der Waals surface area (Å²) in [4.78, 5) is 9.70. The van der Waals surface area contributed by atoms with E-state index in [1.165, 1.54) is 6.08 Å². The van der Waals surface area contributed by atoms with Gasteiger partial charge < -0.3 is 0 Å². The number of allylic oxidation sites excluding steroid dienone is 3. The number of carbonyl (C=O) groups is 1. The minimum atomic E-state index is 0.751. The lowest BCUT2D eigenvalue weighted by Gasteiger charge is -1.85. The Morgan fingerprint density at radius 3 is 2.75 bits per heavy atom. The van der Waals surface area contributed by atoms with Crippen LogP contribution in [0.15, 0.2) is 24.3 Å². The lowest BCUT2D eigenvalue weighted by atomic mass is 10.2. The zero-order valence-corrected chi connectivity index (χ0v) is 5.05. The largest absolute Gasteiger partial charge is 0.299 e. The molecular weight excluding hydrogens is 100 g/mol. The molecule has 0 aliphatic heterocycles. The van der Waals surface area contributed by atoms with Gasteiger partial charge >= 0.3 is 0 Å². The zero-order chi connectivity index (χ0) is 6.41. The molecule has 0 radical (unpaired) electrons. The summed E-state index contributed by atoms with van der Waals surface area (Å²) >= 11 is 0. The maximum Gasteiger partial charge on any atom is 0.142 e. The first kappa shape index (κ1) is 7.15. The first-order valence-electron chi connectivity index (χ1n) is 2.61. The van der Waals surface area contributed by atoms with Crippen LogP contribution in [-0.2, 0) is 4.79 Å². The highest BCUT2D eigenvalue weighted by molar-refractivity contribution is 5.65. The minimum absolute atomic E-state index is 0.751. The first-order chi connectivity index (χ1) is 3.81. The molecule has 0 fully saturated rings. The van der Waals surface area contributed by atoms with Crippen LogP contribution in [0.2, 0.25) is 0 Å². The summed E-state index contributed by atoms with van der Waals surface area (Å²) in [6.45, 7) is 5.66. The van der Waals surface area contributed by atoms with Crippen molar-refractivity contribution in [1.29, 1.82) is 0 Å². The highest BCUT2D eigenvalue weighted by Gasteiger charge is 1.76. The van der Waals surface area contributed by atoms with Gasteiger partial charge in [0.25, 0.3) is 0 Å². The summed E-state index contributed by atoms with van der Waals surface area (Å²) in [5, 5.41) is 0. The predicted octanol–water partition coefficient (Wildman–Crippen LogP) is 1.71. The normalized spacial score (nSPS) is 9.62. The van der Waals surface area contributed by atoms with Gasteiger partial charge in [-0.15, -0.1) is 0 Å². The Balaban J connectivity index is 3.52. The Morgan fingerprint density at radius 2 is 2.38 bits per heavy atom. The van der Waals surface area contributed by atoms with E-state index in [-0.39, 0.29) is 0 Å². The van der Waals surface area contributed by atoms with E-state index in [2.05, 4.69) is 6.58 Å². The highest BCUT2D eigenvalue weighted by Crippen LogP contribution is 1.95. The molecule has 44 valence electrons. The van der Waals surface area contributed by atoms with Crippen molar-refractivity contribution in [1.82, 2.24) is 0 Å². The van der Waals surface area contributed by atoms with Crippen LogP contribution < -0.4 is 0 Å². The Morgan fingerprint density at radius 1 is 1.75 bits per heavy atom. The molecule has 8 heavy (non-hydrogen) atoms. The fraction of sp³-hybridized carbons (Fsp3) is 0.286. The second kappa shape index (κ2) is 4.31. The van der Waals surface area contributed by atoms with Crippen LogP contribution in [0.4, 0.5) is 0 Å². The molecule has 0 unspecified atom stereocenters. The third-order valence-electron chi connectivity index (χ3n) is 0.865. The predicted molar refractivity (Wildman–Crippen MR) is 34.6 cm³/mol. The molecule has 0 aromatic heterocycles. The number of aldehydes is 1. The molecule has 1 nitrogen and oxygen atoms in total. The highest BCUT2D eigenvalue weighted by atomic mass is 16.1. The average Bonchev–Trinajstić information content (AvgIpc) is 1.83. The van der Waals surface area contributed by atoms with Crippen molar-refractivity contribution in [2.45, 2.75) is 13.3 Å². The molecule has 0 aliphatic rings. The summed E-state index contributed by atoms with van der Waals surface area (Å²) in [7, 11) is 0. The first-order valence-corrected chi connectivity index (χ1v) is 2.61. The van der Waals surface area contributed by atoms with Crippen molar-refractivity contribution in [2.75, 3.05) is 0 Å². The van der Waals surface area contributed by atoms with Crippen LogP contribution in [0.25, 0.3) is 0 Å². The summed E-state index contributed by atoms with van der Waals surface area (Å²) in [5.41, 5.74) is 0.983. The molecule has 0 aromatic carbocycles. The van der Waals surface area contributed by atoms with Crippen LogP contribution in [-0.4, -0.2) is 6.29 Å². The number of rotatable bonds is 3. The van der Waals surface area contributed by atoms with Crippen molar-refractivity contribution in [3.05, 3.63) is 24.3 Å². The molecule has 0 aromatic rings. The Hall–Kier alpha value is -0.850. The fourth-order valence-electron chi connectivity index (χ4n) is 0.293. The minimum Gasteiger partial charge on any atom is -0.299 e. The maximum absolute atomic E-state index is 9.70. The molecule has 0 saturated heterocycles. The third kappa shape index (κ3) is 3.34. The van der Waals surface area contributed by atoms with E-state index in [1.54, 1.807) is 6.08 Å².